The number of hydrogen-bond donors (Lipinski definition) is 1. The van der Waals surface area contributed by atoms with Crippen LogP contribution in [-0.4, -0.2) is 17.1 Å². The molecule has 0 spiro atoms. The van der Waals surface area contributed by atoms with E-state index >= 15 is 0 Å². The van der Waals surface area contributed by atoms with Crippen molar-refractivity contribution in [3.05, 3.63) is 0 Å². The van der Waals surface area contributed by atoms with Crippen molar-refractivity contribution in [2.45, 2.75) is 44.6 Å². The first-order valence-corrected chi connectivity index (χ1v) is 4.05. The molecule has 1 atom stereocenters. The van der Waals surface area contributed by atoms with Gasteiger partial charge in [-0.1, -0.05) is 0 Å². The minimum atomic E-state index is -2.40. The normalized spacial score (nSPS) is 26.2. The number of alkyl halides is 2. The molecule has 0 aromatic carbocycles. The molecule has 0 radical (unpaired) electrons. The van der Waals surface area contributed by atoms with E-state index in [4.69, 9.17) is 5.11 Å². The van der Waals surface area contributed by atoms with Gasteiger partial charge in [0.2, 0.25) is 5.92 Å². The van der Waals surface area contributed by atoms with Gasteiger partial charge in [0.05, 0.1) is 6.10 Å². The lowest BCUT2D eigenvalue weighted by Gasteiger charge is -2.35. The van der Waals surface area contributed by atoms with Crippen LogP contribution in [-0.2, 0) is 0 Å². The maximum Gasteiger partial charge on any atom is 0.248 e. The third-order valence-electron chi connectivity index (χ3n) is 2.17. The van der Waals surface area contributed by atoms with Crippen LogP contribution >= 0.6 is 0 Å². The van der Waals surface area contributed by atoms with Crippen molar-refractivity contribution in [2.24, 2.45) is 5.92 Å². The van der Waals surface area contributed by atoms with Gasteiger partial charge in [-0.15, -0.1) is 0 Å². The average Bonchev–Trinajstić information content (AvgIpc) is 1.78. The maximum absolute atomic E-state index is 12.3. The molecule has 11 heavy (non-hydrogen) atoms. The van der Waals surface area contributed by atoms with Crippen LogP contribution in [0.3, 0.4) is 0 Å². The van der Waals surface area contributed by atoms with Gasteiger partial charge >= 0.3 is 0 Å². The average molecular weight is 164 g/mol. The second-order valence-electron chi connectivity index (χ2n) is 3.56. The van der Waals surface area contributed by atoms with E-state index in [0.29, 0.717) is 6.42 Å². The van der Waals surface area contributed by atoms with Crippen LogP contribution < -0.4 is 0 Å². The zero-order valence-electron chi connectivity index (χ0n) is 6.69. The molecule has 1 rings (SSSR count). The van der Waals surface area contributed by atoms with Gasteiger partial charge in [-0.25, -0.2) is 8.78 Å². The quantitative estimate of drug-likeness (QED) is 0.678. The summed E-state index contributed by atoms with van der Waals surface area (Å²) in [7, 11) is 0. The van der Waals surface area contributed by atoms with Gasteiger partial charge in [0.1, 0.15) is 0 Å². The van der Waals surface area contributed by atoms with Gasteiger partial charge in [-0.3, -0.25) is 0 Å². The SMILES string of the molecule is C[C@@H](O)CCC1CC(F)(F)C1. The van der Waals surface area contributed by atoms with Crippen LogP contribution in [0.2, 0.25) is 0 Å². The predicted molar refractivity (Wildman–Crippen MR) is 38.6 cm³/mol. The molecule has 0 amide bonds. The fraction of sp³-hybridized carbons (Fsp3) is 1.00. The van der Waals surface area contributed by atoms with E-state index in [-0.39, 0.29) is 24.9 Å². The molecule has 66 valence electrons. The Kier molecular flexibility index (Phi) is 2.47. The second kappa shape index (κ2) is 3.05. The summed E-state index contributed by atoms with van der Waals surface area (Å²) < 4.78 is 24.5. The lowest BCUT2D eigenvalue weighted by Crippen LogP contribution is -2.35. The molecule has 0 unspecified atom stereocenters. The topological polar surface area (TPSA) is 20.2 Å². The summed E-state index contributed by atoms with van der Waals surface area (Å²) in [6.07, 6.45) is 1.11. The van der Waals surface area contributed by atoms with Gasteiger partial charge in [-0.05, 0) is 25.7 Å². The van der Waals surface area contributed by atoms with Crippen LogP contribution in [0.15, 0.2) is 0 Å². The van der Waals surface area contributed by atoms with E-state index in [0.717, 1.165) is 6.42 Å². The third-order valence-corrected chi connectivity index (χ3v) is 2.17. The molecule has 3 heteroatoms. The fourth-order valence-electron chi connectivity index (χ4n) is 1.47. The first-order chi connectivity index (χ1) is 4.99. The van der Waals surface area contributed by atoms with E-state index in [2.05, 4.69) is 0 Å². The molecular formula is C8H14F2O. The third kappa shape index (κ3) is 2.73. The lowest BCUT2D eigenvalue weighted by atomic mass is 9.78. The maximum atomic E-state index is 12.3. The van der Waals surface area contributed by atoms with E-state index < -0.39 is 5.92 Å². The number of aliphatic hydroxyl groups excluding tert-OH is 1. The van der Waals surface area contributed by atoms with Gasteiger partial charge in [-0.2, -0.15) is 0 Å². The number of aliphatic hydroxyl groups is 1. The highest BCUT2D eigenvalue weighted by molar-refractivity contribution is 4.85. The molecule has 1 nitrogen and oxygen atoms in total. The highest BCUT2D eigenvalue weighted by Gasteiger charge is 2.44. The van der Waals surface area contributed by atoms with Gasteiger partial charge in [0.25, 0.3) is 0 Å². The Balaban J connectivity index is 2.05. The highest BCUT2D eigenvalue weighted by Crippen LogP contribution is 2.44. The van der Waals surface area contributed by atoms with E-state index in [1.165, 1.54) is 0 Å². The number of halogens is 2. The van der Waals surface area contributed by atoms with E-state index in [1.54, 1.807) is 6.92 Å². The summed E-state index contributed by atoms with van der Waals surface area (Å²) in [6.45, 7) is 1.69. The van der Waals surface area contributed by atoms with Crippen molar-refractivity contribution in [3.63, 3.8) is 0 Å². The summed E-state index contributed by atoms with van der Waals surface area (Å²) in [4.78, 5) is 0. The molecule has 1 saturated carbocycles. The minimum Gasteiger partial charge on any atom is -0.393 e. The van der Waals surface area contributed by atoms with Crippen molar-refractivity contribution in [3.8, 4) is 0 Å². The molecule has 0 bridgehead atoms. The highest BCUT2D eigenvalue weighted by atomic mass is 19.3. The van der Waals surface area contributed by atoms with Crippen LogP contribution in [0.5, 0.6) is 0 Å². The summed E-state index contributed by atoms with van der Waals surface area (Å²) in [6, 6.07) is 0. The molecule has 0 aromatic rings. The monoisotopic (exact) mass is 164 g/mol. The largest absolute Gasteiger partial charge is 0.393 e. The van der Waals surface area contributed by atoms with Crippen molar-refractivity contribution in [2.75, 3.05) is 0 Å². The minimum absolute atomic E-state index is 0.0275. The Morgan fingerprint density at radius 2 is 2.09 bits per heavy atom. The standard InChI is InChI=1S/C8H14F2O/c1-6(11)2-3-7-4-8(9,10)5-7/h6-7,11H,2-5H2,1H3/t6-/m1/s1. The molecular weight excluding hydrogens is 150 g/mol. The van der Waals surface area contributed by atoms with E-state index in [1.807, 2.05) is 0 Å². The summed E-state index contributed by atoms with van der Waals surface area (Å²) in [5.41, 5.74) is 0. The summed E-state index contributed by atoms with van der Waals surface area (Å²) in [5.74, 6) is -2.25. The summed E-state index contributed by atoms with van der Waals surface area (Å²) in [5, 5.41) is 8.86. The van der Waals surface area contributed by atoms with Gasteiger partial charge in [0, 0.05) is 12.8 Å². The molecule has 0 heterocycles. The first-order valence-electron chi connectivity index (χ1n) is 4.05. The zero-order valence-corrected chi connectivity index (χ0v) is 6.69. The van der Waals surface area contributed by atoms with Crippen molar-refractivity contribution in [1.82, 2.24) is 0 Å². The van der Waals surface area contributed by atoms with Crippen LogP contribution in [0.4, 0.5) is 8.78 Å². The zero-order chi connectivity index (χ0) is 8.48. The Hall–Kier alpha value is -0.180. The molecule has 1 aliphatic rings. The first kappa shape index (κ1) is 8.91. The second-order valence-corrected chi connectivity index (χ2v) is 3.56. The molecule has 1 fully saturated rings. The van der Waals surface area contributed by atoms with Crippen LogP contribution in [0.1, 0.15) is 32.6 Å². The Morgan fingerprint density at radius 3 is 2.45 bits per heavy atom. The number of hydrogen-bond acceptors (Lipinski definition) is 1. The predicted octanol–water partition coefficient (Wildman–Crippen LogP) is 2.19. The molecule has 1 N–H and O–H groups in total. The van der Waals surface area contributed by atoms with Gasteiger partial charge < -0.3 is 5.11 Å². The molecule has 0 aliphatic heterocycles. The Bertz CT molecular complexity index is 126. The Morgan fingerprint density at radius 1 is 1.55 bits per heavy atom. The van der Waals surface area contributed by atoms with Crippen molar-refractivity contribution >= 4 is 0 Å². The van der Waals surface area contributed by atoms with Crippen LogP contribution in [0, 0.1) is 5.92 Å². The molecule has 0 aromatic heterocycles. The molecule has 0 saturated heterocycles. The lowest BCUT2D eigenvalue weighted by molar-refractivity contribution is -0.113. The Labute approximate surface area is 65.4 Å². The fourth-order valence-corrected chi connectivity index (χ4v) is 1.47. The van der Waals surface area contributed by atoms with Crippen LogP contribution in [0.25, 0.3) is 0 Å². The number of rotatable bonds is 3. The smallest absolute Gasteiger partial charge is 0.248 e. The van der Waals surface area contributed by atoms with Gasteiger partial charge in [0.15, 0.2) is 0 Å². The van der Waals surface area contributed by atoms with Crippen molar-refractivity contribution < 1.29 is 13.9 Å². The molecule has 1 aliphatic carbocycles. The summed E-state index contributed by atoms with van der Waals surface area (Å²) >= 11 is 0. The van der Waals surface area contributed by atoms with E-state index in [9.17, 15) is 8.78 Å². The van der Waals surface area contributed by atoms with Crippen molar-refractivity contribution in [1.29, 1.82) is 0 Å².